The van der Waals surface area contributed by atoms with Crippen molar-refractivity contribution in [1.29, 1.82) is 0 Å². The Morgan fingerprint density at radius 2 is 2.04 bits per heavy atom. The lowest BCUT2D eigenvalue weighted by molar-refractivity contribution is -0.151. The fourth-order valence-electron chi connectivity index (χ4n) is 2.64. The molecule has 5 nitrogen and oxygen atoms in total. The van der Waals surface area contributed by atoms with Crippen LogP contribution in [0.5, 0.6) is 0 Å². The van der Waals surface area contributed by atoms with Crippen molar-refractivity contribution in [2.45, 2.75) is 38.1 Å². The maximum atomic E-state index is 13.0. The molecule has 0 amide bonds. The van der Waals surface area contributed by atoms with Gasteiger partial charge < -0.3 is 4.74 Å². The molecule has 0 fully saturated rings. The molecule has 0 atom stereocenters. The van der Waals surface area contributed by atoms with Crippen LogP contribution in [0.25, 0.3) is 20.7 Å². The first-order chi connectivity index (χ1) is 13.3. The number of carbonyl (C=O) groups excluding carboxylic acids is 1. The lowest BCUT2D eigenvalue weighted by Crippen LogP contribution is -2.26. The molecule has 0 saturated heterocycles. The summed E-state index contributed by atoms with van der Waals surface area (Å²) >= 11 is 2.68. The second kappa shape index (κ2) is 8.32. The topological polar surface area (TPSA) is 61.2 Å². The van der Waals surface area contributed by atoms with Crippen molar-refractivity contribution >= 4 is 39.3 Å². The van der Waals surface area contributed by atoms with Gasteiger partial charge in [-0.2, -0.15) is 0 Å². The van der Waals surface area contributed by atoms with Crippen LogP contribution < -0.4 is 5.56 Å². The fraction of sp³-hybridized carbons (Fsp3) is 0.286. The van der Waals surface area contributed by atoms with Gasteiger partial charge in [0.2, 0.25) is 0 Å². The summed E-state index contributed by atoms with van der Waals surface area (Å²) < 4.78 is 6.89. The van der Waals surface area contributed by atoms with Gasteiger partial charge >= 0.3 is 5.97 Å². The third-order valence-corrected chi connectivity index (χ3v) is 5.75. The lowest BCUT2D eigenvalue weighted by atomic mass is 10.2. The monoisotopic (exact) mass is 414 g/mol. The Morgan fingerprint density at radius 3 is 2.68 bits per heavy atom. The Kier molecular flexibility index (Phi) is 6.05. The number of rotatable bonds is 6. The molecule has 0 saturated carbocycles. The van der Waals surface area contributed by atoms with Crippen LogP contribution in [0.1, 0.15) is 20.8 Å². The molecule has 3 aromatic rings. The molecule has 0 aliphatic heterocycles. The molecule has 0 bridgehead atoms. The summed E-state index contributed by atoms with van der Waals surface area (Å²) in [4.78, 5) is 31.4. The summed E-state index contributed by atoms with van der Waals surface area (Å²) in [5.74, 6) is -0.253. The average molecular weight is 415 g/mol. The van der Waals surface area contributed by atoms with Crippen LogP contribution in [0.2, 0.25) is 0 Å². The highest BCUT2D eigenvalue weighted by atomic mass is 32.2. The van der Waals surface area contributed by atoms with E-state index in [9.17, 15) is 9.59 Å². The summed E-state index contributed by atoms with van der Waals surface area (Å²) in [6.45, 7) is 9.53. The van der Waals surface area contributed by atoms with Crippen molar-refractivity contribution in [3.63, 3.8) is 0 Å². The predicted molar refractivity (Wildman–Crippen MR) is 116 cm³/mol. The quantitative estimate of drug-likeness (QED) is 0.252. The van der Waals surface area contributed by atoms with Gasteiger partial charge in [-0.05, 0) is 32.4 Å². The average Bonchev–Trinajstić information content (AvgIpc) is 3.06. The third kappa shape index (κ3) is 4.72. The molecule has 1 aromatic carbocycles. The van der Waals surface area contributed by atoms with Crippen LogP contribution >= 0.6 is 23.1 Å². The van der Waals surface area contributed by atoms with E-state index in [0.717, 1.165) is 10.4 Å². The van der Waals surface area contributed by atoms with E-state index in [-0.39, 0.29) is 17.3 Å². The Morgan fingerprint density at radius 1 is 1.32 bits per heavy atom. The normalized spacial score (nSPS) is 11.5. The SMILES string of the molecule is C=CCn1c(SCC(=O)OC(C)(C)C)nc2sc(-c3ccccc3)cc2c1=O. The van der Waals surface area contributed by atoms with E-state index in [0.29, 0.717) is 21.9 Å². The minimum absolute atomic E-state index is 0.0866. The van der Waals surface area contributed by atoms with E-state index in [1.54, 1.807) is 10.6 Å². The lowest BCUT2D eigenvalue weighted by Gasteiger charge is -2.19. The molecule has 0 radical (unpaired) electrons. The Bertz CT molecular complexity index is 1060. The van der Waals surface area contributed by atoms with Gasteiger partial charge in [0.1, 0.15) is 10.4 Å². The number of aromatic nitrogens is 2. The van der Waals surface area contributed by atoms with Crippen molar-refractivity contribution < 1.29 is 9.53 Å². The summed E-state index contributed by atoms with van der Waals surface area (Å²) in [6, 6.07) is 11.8. The van der Waals surface area contributed by atoms with Gasteiger partial charge in [0.25, 0.3) is 5.56 Å². The van der Waals surface area contributed by atoms with Crippen molar-refractivity contribution in [2.75, 3.05) is 5.75 Å². The number of thioether (sulfide) groups is 1. The van der Waals surface area contributed by atoms with E-state index < -0.39 is 5.60 Å². The van der Waals surface area contributed by atoms with Gasteiger partial charge in [-0.3, -0.25) is 14.2 Å². The van der Waals surface area contributed by atoms with Crippen LogP contribution in [0.3, 0.4) is 0 Å². The fourth-order valence-corrected chi connectivity index (χ4v) is 4.50. The van der Waals surface area contributed by atoms with E-state index >= 15 is 0 Å². The number of hydrogen-bond donors (Lipinski definition) is 0. The minimum Gasteiger partial charge on any atom is -0.459 e. The molecule has 7 heteroatoms. The van der Waals surface area contributed by atoms with E-state index in [1.807, 2.05) is 57.2 Å². The molecule has 0 aliphatic carbocycles. The highest BCUT2D eigenvalue weighted by Gasteiger charge is 2.19. The van der Waals surface area contributed by atoms with Crippen LogP contribution in [-0.2, 0) is 16.1 Å². The van der Waals surface area contributed by atoms with Gasteiger partial charge in [0.15, 0.2) is 5.16 Å². The zero-order valence-electron chi connectivity index (χ0n) is 16.1. The maximum Gasteiger partial charge on any atom is 0.316 e. The molecule has 0 spiro atoms. The zero-order valence-corrected chi connectivity index (χ0v) is 17.7. The zero-order chi connectivity index (χ0) is 20.3. The molecule has 2 heterocycles. The number of hydrogen-bond acceptors (Lipinski definition) is 6. The van der Waals surface area contributed by atoms with E-state index in [1.165, 1.54) is 23.1 Å². The largest absolute Gasteiger partial charge is 0.459 e. The summed E-state index contributed by atoms with van der Waals surface area (Å²) in [7, 11) is 0. The highest BCUT2D eigenvalue weighted by Crippen LogP contribution is 2.32. The molecule has 0 aliphatic rings. The van der Waals surface area contributed by atoms with Gasteiger partial charge in [-0.1, -0.05) is 48.2 Å². The highest BCUT2D eigenvalue weighted by molar-refractivity contribution is 7.99. The molecule has 0 N–H and O–H groups in total. The number of allylic oxidation sites excluding steroid dienone is 1. The number of esters is 1. The van der Waals surface area contributed by atoms with Crippen molar-refractivity contribution in [3.8, 4) is 10.4 Å². The number of benzene rings is 1. The van der Waals surface area contributed by atoms with E-state index in [4.69, 9.17) is 4.74 Å². The van der Waals surface area contributed by atoms with Crippen molar-refractivity contribution in [1.82, 2.24) is 9.55 Å². The predicted octanol–water partition coefficient (Wildman–Crippen LogP) is 4.74. The number of nitrogens with zero attached hydrogens (tertiary/aromatic N) is 2. The smallest absolute Gasteiger partial charge is 0.316 e. The number of ether oxygens (including phenoxy) is 1. The molecular formula is C21H22N2O3S2. The Balaban J connectivity index is 1.97. The number of fused-ring (bicyclic) bond motifs is 1. The molecule has 2 aromatic heterocycles. The molecule has 3 rings (SSSR count). The number of thiophene rings is 1. The first-order valence-electron chi connectivity index (χ1n) is 8.84. The van der Waals surface area contributed by atoms with Gasteiger partial charge in [-0.25, -0.2) is 4.98 Å². The van der Waals surface area contributed by atoms with Gasteiger partial charge in [0.05, 0.1) is 11.1 Å². The number of carbonyl (C=O) groups is 1. The summed E-state index contributed by atoms with van der Waals surface area (Å²) in [5, 5.41) is 1.07. The van der Waals surface area contributed by atoms with E-state index in [2.05, 4.69) is 11.6 Å². The summed E-state index contributed by atoms with van der Waals surface area (Å²) in [6.07, 6.45) is 1.65. The van der Waals surface area contributed by atoms with Crippen LogP contribution in [0, 0.1) is 0 Å². The van der Waals surface area contributed by atoms with Crippen LogP contribution in [0.4, 0.5) is 0 Å². The summed E-state index contributed by atoms with van der Waals surface area (Å²) in [5.41, 5.74) is 0.367. The minimum atomic E-state index is -0.547. The molecule has 28 heavy (non-hydrogen) atoms. The second-order valence-electron chi connectivity index (χ2n) is 7.17. The van der Waals surface area contributed by atoms with Crippen molar-refractivity contribution in [2.24, 2.45) is 0 Å². The third-order valence-electron chi connectivity index (χ3n) is 3.73. The Labute approximate surface area is 172 Å². The second-order valence-corrected chi connectivity index (χ2v) is 9.14. The first kappa shape index (κ1) is 20.4. The van der Waals surface area contributed by atoms with Gasteiger partial charge in [0, 0.05) is 11.4 Å². The molecular weight excluding hydrogens is 392 g/mol. The standard InChI is InChI=1S/C21H22N2O3S2/c1-5-11-23-19(25)15-12-16(14-9-7-6-8-10-14)28-18(15)22-20(23)27-13-17(24)26-21(2,3)4/h5-10,12H,1,11,13H2,2-4H3. The molecule has 0 unspecified atom stereocenters. The van der Waals surface area contributed by atoms with Crippen LogP contribution in [0.15, 0.2) is 59.0 Å². The first-order valence-corrected chi connectivity index (χ1v) is 10.6. The Hall–Kier alpha value is -2.38. The van der Waals surface area contributed by atoms with Crippen molar-refractivity contribution in [3.05, 3.63) is 59.4 Å². The molecule has 146 valence electrons. The van der Waals surface area contributed by atoms with Crippen LogP contribution in [-0.4, -0.2) is 26.9 Å². The maximum absolute atomic E-state index is 13.0. The van der Waals surface area contributed by atoms with Gasteiger partial charge in [-0.15, -0.1) is 17.9 Å².